The summed E-state index contributed by atoms with van der Waals surface area (Å²) in [5.41, 5.74) is 6.90. The van der Waals surface area contributed by atoms with Gasteiger partial charge in [0.2, 0.25) is 35.4 Å². The molecule has 2 rings (SSSR count). The number of phenols is 1. The van der Waals surface area contributed by atoms with E-state index in [9.17, 15) is 33.9 Å². The molecule has 238 valence electrons. The van der Waals surface area contributed by atoms with Gasteiger partial charge in [0.25, 0.3) is 0 Å². The van der Waals surface area contributed by atoms with Crippen molar-refractivity contribution < 1.29 is 33.9 Å². The average molecular weight is 611 g/mol. The topological polar surface area (TPSA) is 209 Å². The van der Waals surface area contributed by atoms with Crippen LogP contribution < -0.4 is 32.3 Å². The van der Waals surface area contributed by atoms with E-state index in [4.69, 9.17) is 5.73 Å². The third-order valence-electron chi connectivity index (χ3n) is 6.55. The molecule has 44 heavy (non-hydrogen) atoms. The lowest BCUT2D eigenvalue weighted by atomic mass is 10.0. The summed E-state index contributed by atoms with van der Waals surface area (Å²) < 4.78 is 0. The number of carbonyl (C=O) groups is 6. The van der Waals surface area contributed by atoms with E-state index in [1.807, 2.05) is 19.9 Å². The number of amides is 6. The summed E-state index contributed by atoms with van der Waals surface area (Å²) in [6.07, 6.45) is 0.559. The minimum Gasteiger partial charge on any atom is -0.508 e. The van der Waals surface area contributed by atoms with Crippen molar-refractivity contribution in [2.24, 2.45) is 11.7 Å². The molecule has 0 bridgehead atoms. The first-order chi connectivity index (χ1) is 20.7. The number of nitrogens with two attached hydrogens (primary N) is 1. The fourth-order valence-corrected chi connectivity index (χ4v) is 4.32. The van der Waals surface area contributed by atoms with Gasteiger partial charge in [-0.25, -0.2) is 0 Å². The molecule has 4 atom stereocenters. The van der Waals surface area contributed by atoms with Crippen LogP contribution in [0.5, 0.6) is 5.75 Å². The molecule has 0 aromatic heterocycles. The molecule has 0 aliphatic heterocycles. The Hall–Kier alpha value is -4.94. The van der Waals surface area contributed by atoms with E-state index >= 15 is 0 Å². The molecule has 13 nitrogen and oxygen atoms in total. The summed E-state index contributed by atoms with van der Waals surface area (Å²) >= 11 is 0. The third-order valence-corrected chi connectivity index (χ3v) is 6.55. The maximum Gasteiger partial charge on any atom is 0.243 e. The molecule has 0 aliphatic rings. The van der Waals surface area contributed by atoms with E-state index in [0.717, 1.165) is 5.56 Å². The van der Waals surface area contributed by atoms with Crippen molar-refractivity contribution in [1.82, 2.24) is 26.6 Å². The molecule has 13 heteroatoms. The number of hydrogen-bond acceptors (Lipinski definition) is 7. The Morgan fingerprint density at radius 3 is 1.80 bits per heavy atom. The number of carbonyl (C=O) groups excluding carboxylic acids is 6. The van der Waals surface area contributed by atoms with Gasteiger partial charge in [0, 0.05) is 19.8 Å². The second kappa shape index (κ2) is 17.2. The molecule has 0 saturated heterocycles. The zero-order chi connectivity index (χ0) is 32.8. The Morgan fingerprint density at radius 2 is 1.25 bits per heavy atom. The van der Waals surface area contributed by atoms with Gasteiger partial charge in [0.15, 0.2) is 0 Å². The van der Waals surface area contributed by atoms with Gasteiger partial charge in [-0.05, 0) is 42.5 Å². The van der Waals surface area contributed by atoms with Crippen LogP contribution >= 0.6 is 0 Å². The SMILES string of the molecule is CC(=O)N[C@@H](Cc1ccc(O)cc1)C(=O)N[C@H](C)C(=O)NCC(=O)N[C@@H](Cc1ccccc1)C(=O)N[C@@H](CC(C)C)C(N)=O. The van der Waals surface area contributed by atoms with Crippen molar-refractivity contribution in [2.45, 2.75) is 71.1 Å². The van der Waals surface area contributed by atoms with Crippen LogP contribution in [0.4, 0.5) is 0 Å². The lowest BCUT2D eigenvalue weighted by Gasteiger charge is -2.23. The first-order valence-corrected chi connectivity index (χ1v) is 14.3. The molecule has 2 aromatic rings. The smallest absolute Gasteiger partial charge is 0.243 e. The van der Waals surface area contributed by atoms with Crippen LogP contribution in [0, 0.1) is 5.92 Å². The fraction of sp³-hybridized carbons (Fsp3) is 0.419. The first kappa shape index (κ1) is 35.3. The summed E-state index contributed by atoms with van der Waals surface area (Å²) in [5.74, 6) is -3.57. The number of hydrogen-bond donors (Lipinski definition) is 7. The fourth-order valence-electron chi connectivity index (χ4n) is 4.32. The molecular formula is C31H42N6O7. The van der Waals surface area contributed by atoms with E-state index in [2.05, 4.69) is 26.6 Å². The van der Waals surface area contributed by atoms with Crippen LogP contribution in [0.25, 0.3) is 0 Å². The van der Waals surface area contributed by atoms with Gasteiger partial charge in [-0.1, -0.05) is 56.3 Å². The summed E-state index contributed by atoms with van der Waals surface area (Å²) in [6.45, 7) is 5.95. The Kier molecular flexibility index (Phi) is 13.8. The zero-order valence-corrected chi connectivity index (χ0v) is 25.4. The number of aromatic hydroxyl groups is 1. The van der Waals surface area contributed by atoms with Crippen LogP contribution in [0.1, 0.15) is 45.2 Å². The lowest BCUT2D eigenvalue weighted by molar-refractivity contribution is -0.133. The van der Waals surface area contributed by atoms with Gasteiger partial charge in [-0.2, -0.15) is 0 Å². The van der Waals surface area contributed by atoms with E-state index in [-0.39, 0.29) is 24.5 Å². The molecule has 0 heterocycles. The van der Waals surface area contributed by atoms with E-state index in [1.165, 1.54) is 26.0 Å². The number of benzene rings is 2. The highest BCUT2D eigenvalue weighted by molar-refractivity contribution is 5.95. The van der Waals surface area contributed by atoms with E-state index < -0.39 is 66.2 Å². The largest absolute Gasteiger partial charge is 0.508 e. The van der Waals surface area contributed by atoms with E-state index in [1.54, 1.807) is 36.4 Å². The molecule has 0 unspecified atom stereocenters. The lowest BCUT2D eigenvalue weighted by Crippen LogP contribution is -2.56. The molecule has 0 radical (unpaired) electrons. The normalized spacial score (nSPS) is 13.5. The highest BCUT2D eigenvalue weighted by Crippen LogP contribution is 2.12. The van der Waals surface area contributed by atoms with Gasteiger partial charge in [0.05, 0.1) is 6.54 Å². The third kappa shape index (κ3) is 12.5. The molecule has 0 fully saturated rings. The molecule has 0 spiro atoms. The second-order valence-electron chi connectivity index (χ2n) is 11.0. The molecular weight excluding hydrogens is 568 g/mol. The summed E-state index contributed by atoms with van der Waals surface area (Å²) in [6, 6.07) is 11.0. The summed E-state index contributed by atoms with van der Waals surface area (Å²) in [4.78, 5) is 75.1. The Labute approximate surface area is 256 Å². The predicted octanol–water partition coefficient (Wildman–Crippen LogP) is -0.196. The Balaban J connectivity index is 2.00. The Bertz CT molecular complexity index is 1300. The number of phenolic OH excluding ortho intramolecular Hbond substituents is 1. The Morgan fingerprint density at radius 1 is 0.705 bits per heavy atom. The molecule has 2 aromatic carbocycles. The van der Waals surface area contributed by atoms with Crippen molar-refractivity contribution in [2.75, 3.05) is 6.54 Å². The van der Waals surface area contributed by atoms with Crippen LogP contribution in [0.2, 0.25) is 0 Å². The second-order valence-corrected chi connectivity index (χ2v) is 11.0. The van der Waals surface area contributed by atoms with Gasteiger partial charge in [0.1, 0.15) is 29.9 Å². The quantitative estimate of drug-likeness (QED) is 0.136. The minimum atomic E-state index is -1.07. The van der Waals surface area contributed by atoms with Crippen LogP contribution in [0.15, 0.2) is 54.6 Å². The van der Waals surface area contributed by atoms with Gasteiger partial charge in [-0.3, -0.25) is 28.8 Å². The van der Waals surface area contributed by atoms with Gasteiger partial charge in [-0.15, -0.1) is 0 Å². The highest BCUT2D eigenvalue weighted by Gasteiger charge is 2.28. The van der Waals surface area contributed by atoms with Crippen molar-refractivity contribution in [1.29, 1.82) is 0 Å². The average Bonchev–Trinajstić information content (AvgIpc) is 2.95. The monoisotopic (exact) mass is 610 g/mol. The van der Waals surface area contributed by atoms with Crippen molar-refractivity contribution >= 4 is 35.4 Å². The molecule has 6 amide bonds. The standard InChI is InChI=1S/C31H42N6O7/c1-18(2)14-24(28(32)41)37-31(44)26(15-21-8-6-5-7-9-21)36-27(40)17-33-29(42)19(3)34-30(43)25(35-20(4)38)16-22-10-12-23(39)13-11-22/h5-13,18-19,24-26,39H,14-17H2,1-4H3,(H2,32,41)(H,33,42)(H,34,43)(H,35,38)(H,36,40)(H,37,44)/t19-,24+,25+,26+/m1/s1. The van der Waals surface area contributed by atoms with Gasteiger partial charge >= 0.3 is 0 Å². The maximum absolute atomic E-state index is 13.1. The van der Waals surface area contributed by atoms with Crippen molar-refractivity contribution in [3.05, 3.63) is 65.7 Å². The first-order valence-electron chi connectivity index (χ1n) is 14.3. The number of nitrogens with one attached hydrogen (secondary N) is 5. The number of primary amides is 1. The maximum atomic E-state index is 13.1. The molecule has 8 N–H and O–H groups in total. The highest BCUT2D eigenvalue weighted by atomic mass is 16.3. The van der Waals surface area contributed by atoms with Crippen LogP contribution in [0.3, 0.4) is 0 Å². The van der Waals surface area contributed by atoms with E-state index in [0.29, 0.717) is 12.0 Å². The minimum absolute atomic E-state index is 0.0524. The molecule has 0 aliphatic carbocycles. The summed E-state index contributed by atoms with van der Waals surface area (Å²) in [5, 5.41) is 22.2. The predicted molar refractivity (Wildman–Crippen MR) is 163 cm³/mol. The van der Waals surface area contributed by atoms with Crippen LogP contribution in [-0.2, 0) is 41.6 Å². The zero-order valence-electron chi connectivity index (χ0n) is 25.4. The van der Waals surface area contributed by atoms with Crippen molar-refractivity contribution in [3.8, 4) is 5.75 Å². The van der Waals surface area contributed by atoms with Crippen LogP contribution in [-0.4, -0.2) is 71.3 Å². The van der Waals surface area contributed by atoms with Gasteiger partial charge < -0.3 is 37.4 Å². The number of rotatable bonds is 16. The molecule has 0 saturated carbocycles. The van der Waals surface area contributed by atoms with Crippen molar-refractivity contribution in [3.63, 3.8) is 0 Å². The summed E-state index contributed by atoms with van der Waals surface area (Å²) in [7, 11) is 0.